The quantitative estimate of drug-likeness (QED) is 0.538. The van der Waals surface area contributed by atoms with Crippen molar-refractivity contribution < 1.29 is 0 Å². The van der Waals surface area contributed by atoms with Gasteiger partial charge in [0.2, 0.25) is 0 Å². The summed E-state index contributed by atoms with van der Waals surface area (Å²) in [4.78, 5) is 0. The molecule has 0 amide bonds. The monoisotopic (exact) mass is 229 g/mol. The van der Waals surface area contributed by atoms with Gasteiger partial charge >= 0.3 is 0 Å². The van der Waals surface area contributed by atoms with Crippen LogP contribution in [0.4, 0.5) is 5.69 Å². The van der Waals surface area contributed by atoms with Crippen molar-refractivity contribution in [2.24, 2.45) is 0 Å². The van der Waals surface area contributed by atoms with Crippen LogP contribution in [0.3, 0.4) is 0 Å². The van der Waals surface area contributed by atoms with Crippen molar-refractivity contribution in [2.45, 2.75) is 19.8 Å². The van der Waals surface area contributed by atoms with E-state index in [1.54, 1.807) is 0 Å². The minimum Gasteiger partial charge on any atom is -0.398 e. The molecule has 0 aromatic heterocycles. The Labute approximate surface area is 102 Å². The minimum absolute atomic E-state index is 0.579. The van der Waals surface area contributed by atoms with Crippen LogP contribution in [0.25, 0.3) is 0 Å². The normalized spacial score (nSPS) is 16.2. The van der Waals surface area contributed by atoms with Crippen molar-refractivity contribution in [1.29, 1.82) is 5.41 Å². The zero-order chi connectivity index (χ0) is 12.3. The standard InChI is InChI=1S/C14H19N3/c1-10-4-2-6-12(13(10)15)14(16)11-5-3-8-17-9-7-11/h2,4,6-7,16-17H,3,5,8-9,15H2,1H3. The lowest BCUT2D eigenvalue weighted by atomic mass is 9.96. The van der Waals surface area contributed by atoms with Gasteiger partial charge in [0.25, 0.3) is 0 Å². The molecular formula is C14H19N3. The number of rotatable bonds is 2. The van der Waals surface area contributed by atoms with E-state index in [9.17, 15) is 0 Å². The number of allylic oxidation sites excluding steroid dienone is 1. The van der Waals surface area contributed by atoms with Crippen LogP contribution < -0.4 is 11.1 Å². The molecule has 1 aliphatic rings. The molecule has 3 nitrogen and oxygen atoms in total. The van der Waals surface area contributed by atoms with Gasteiger partial charge in [0.05, 0.1) is 5.71 Å². The van der Waals surface area contributed by atoms with Gasteiger partial charge in [-0.05, 0) is 37.4 Å². The van der Waals surface area contributed by atoms with E-state index in [0.717, 1.165) is 48.3 Å². The van der Waals surface area contributed by atoms with Crippen LogP contribution in [0.2, 0.25) is 0 Å². The number of aryl methyl sites for hydroxylation is 1. The molecule has 90 valence electrons. The van der Waals surface area contributed by atoms with E-state index in [2.05, 4.69) is 11.4 Å². The summed E-state index contributed by atoms with van der Waals surface area (Å²) in [5.74, 6) is 0. The summed E-state index contributed by atoms with van der Waals surface area (Å²) in [5.41, 5.74) is 10.4. The number of benzene rings is 1. The topological polar surface area (TPSA) is 61.9 Å². The first-order chi connectivity index (χ1) is 8.20. The maximum atomic E-state index is 8.28. The lowest BCUT2D eigenvalue weighted by Gasteiger charge is -2.11. The molecule has 17 heavy (non-hydrogen) atoms. The van der Waals surface area contributed by atoms with Gasteiger partial charge in [-0.1, -0.05) is 24.3 Å². The summed E-state index contributed by atoms with van der Waals surface area (Å²) >= 11 is 0. The van der Waals surface area contributed by atoms with Gasteiger partial charge in [0.1, 0.15) is 0 Å². The predicted molar refractivity (Wildman–Crippen MR) is 72.6 cm³/mol. The third kappa shape index (κ3) is 2.56. The van der Waals surface area contributed by atoms with E-state index in [4.69, 9.17) is 11.1 Å². The molecule has 0 atom stereocenters. The highest BCUT2D eigenvalue weighted by atomic mass is 14.8. The van der Waals surface area contributed by atoms with Crippen LogP contribution in [-0.4, -0.2) is 18.8 Å². The largest absolute Gasteiger partial charge is 0.398 e. The second kappa shape index (κ2) is 5.15. The molecule has 1 heterocycles. The summed E-state index contributed by atoms with van der Waals surface area (Å²) < 4.78 is 0. The van der Waals surface area contributed by atoms with Crippen molar-refractivity contribution in [1.82, 2.24) is 5.32 Å². The Morgan fingerprint density at radius 1 is 1.41 bits per heavy atom. The Hall–Kier alpha value is -1.61. The molecule has 0 spiro atoms. The van der Waals surface area contributed by atoms with E-state index in [1.807, 2.05) is 25.1 Å². The van der Waals surface area contributed by atoms with Crippen molar-refractivity contribution in [3.05, 3.63) is 41.0 Å². The number of nitrogens with one attached hydrogen (secondary N) is 2. The van der Waals surface area contributed by atoms with E-state index in [0.29, 0.717) is 5.71 Å². The third-order valence-corrected chi connectivity index (χ3v) is 3.21. The van der Waals surface area contributed by atoms with Gasteiger partial charge in [-0.15, -0.1) is 0 Å². The van der Waals surface area contributed by atoms with Gasteiger partial charge < -0.3 is 11.1 Å². The van der Waals surface area contributed by atoms with Crippen LogP contribution >= 0.6 is 0 Å². The second-order valence-electron chi connectivity index (χ2n) is 4.45. The Morgan fingerprint density at radius 3 is 3.06 bits per heavy atom. The first kappa shape index (κ1) is 11.9. The van der Waals surface area contributed by atoms with Gasteiger partial charge in [-0.25, -0.2) is 0 Å². The maximum absolute atomic E-state index is 8.28. The van der Waals surface area contributed by atoms with Crippen LogP contribution in [0, 0.1) is 12.3 Å². The smallest absolute Gasteiger partial charge is 0.0662 e. The third-order valence-electron chi connectivity index (χ3n) is 3.21. The van der Waals surface area contributed by atoms with E-state index in [1.165, 1.54) is 0 Å². The lowest BCUT2D eigenvalue weighted by molar-refractivity contribution is 0.718. The molecule has 1 aromatic carbocycles. The molecule has 0 saturated heterocycles. The fraction of sp³-hybridized carbons (Fsp3) is 0.357. The molecule has 0 unspecified atom stereocenters. The Kier molecular flexibility index (Phi) is 3.59. The molecule has 0 fully saturated rings. The summed E-state index contributed by atoms with van der Waals surface area (Å²) in [6, 6.07) is 5.88. The average molecular weight is 229 g/mol. The van der Waals surface area contributed by atoms with E-state index >= 15 is 0 Å². The van der Waals surface area contributed by atoms with Gasteiger partial charge in [0.15, 0.2) is 0 Å². The number of anilines is 1. The van der Waals surface area contributed by atoms with Gasteiger partial charge in [-0.3, -0.25) is 5.41 Å². The second-order valence-corrected chi connectivity index (χ2v) is 4.45. The van der Waals surface area contributed by atoms with Crippen LogP contribution in [0.15, 0.2) is 29.8 Å². The fourth-order valence-corrected chi connectivity index (χ4v) is 2.10. The number of hydrogen-bond acceptors (Lipinski definition) is 3. The van der Waals surface area contributed by atoms with Crippen LogP contribution in [0.5, 0.6) is 0 Å². The fourth-order valence-electron chi connectivity index (χ4n) is 2.10. The molecule has 0 bridgehead atoms. The maximum Gasteiger partial charge on any atom is 0.0662 e. The molecule has 1 aromatic rings. The number of hydrogen-bond donors (Lipinski definition) is 3. The molecule has 3 heteroatoms. The molecule has 2 rings (SSSR count). The molecule has 0 aliphatic carbocycles. The number of nitrogen functional groups attached to an aromatic ring is 1. The van der Waals surface area contributed by atoms with Crippen molar-refractivity contribution in [3.63, 3.8) is 0 Å². The first-order valence-corrected chi connectivity index (χ1v) is 6.04. The highest BCUT2D eigenvalue weighted by molar-refractivity contribution is 6.13. The SMILES string of the molecule is Cc1cccc(C(=N)C2=CCNCCC2)c1N. The number of para-hydroxylation sites is 1. The number of nitrogens with two attached hydrogens (primary N) is 1. The Bertz CT molecular complexity index is 461. The molecule has 1 aliphatic heterocycles. The highest BCUT2D eigenvalue weighted by Crippen LogP contribution is 2.22. The van der Waals surface area contributed by atoms with Gasteiger partial charge in [0, 0.05) is 17.8 Å². The minimum atomic E-state index is 0.579. The molecule has 0 saturated carbocycles. The predicted octanol–water partition coefficient (Wildman–Crippen LogP) is 2.25. The Balaban J connectivity index is 2.30. The molecule has 4 N–H and O–H groups in total. The summed E-state index contributed by atoms with van der Waals surface area (Å²) in [5, 5.41) is 11.6. The van der Waals surface area contributed by atoms with Crippen LogP contribution in [0.1, 0.15) is 24.0 Å². The summed E-state index contributed by atoms with van der Waals surface area (Å²) in [7, 11) is 0. The zero-order valence-electron chi connectivity index (χ0n) is 10.2. The molecule has 0 radical (unpaired) electrons. The Morgan fingerprint density at radius 2 is 2.24 bits per heavy atom. The molecular weight excluding hydrogens is 210 g/mol. The zero-order valence-corrected chi connectivity index (χ0v) is 10.2. The van der Waals surface area contributed by atoms with E-state index < -0.39 is 0 Å². The summed E-state index contributed by atoms with van der Waals surface area (Å²) in [6.07, 6.45) is 4.15. The van der Waals surface area contributed by atoms with Crippen LogP contribution in [-0.2, 0) is 0 Å². The lowest BCUT2D eigenvalue weighted by Crippen LogP contribution is -2.12. The first-order valence-electron chi connectivity index (χ1n) is 6.04. The highest BCUT2D eigenvalue weighted by Gasteiger charge is 2.13. The summed E-state index contributed by atoms with van der Waals surface area (Å²) in [6.45, 7) is 3.86. The van der Waals surface area contributed by atoms with Crippen molar-refractivity contribution in [2.75, 3.05) is 18.8 Å². The van der Waals surface area contributed by atoms with E-state index in [-0.39, 0.29) is 0 Å². The average Bonchev–Trinajstić information content (AvgIpc) is 2.60. The van der Waals surface area contributed by atoms with Crippen molar-refractivity contribution >= 4 is 11.4 Å². The van der Waals surface area contributed by atoms with Crippen molar-refractivity contribution in [3.8, 4) is 0 Å². The van der Waals surface area contributed by atoms with Gasteiger partial charge in [-0.2, -0.15) is 0 Å².